The van der Waals surface area contributed by atoms with E-state index in [9.17, 15) is 4.79 Å². The van der Waals surface area contributed by atoms with Gasteiger partial charge >= 0.3 is 0 Å². The average molecular weight is 477 g/mol. The van der Waals surface area contributed by atoms with E-state index >= 15 is 0 Å². The molecule has 1 amide bonds. The van der Waals surface area contributed by atoms with Crippen molar-refractivity contribution in [2.45, 2.75) is 78.6 Å². The predicted molar refractivity (Wildman–Crippen MR) is 142 cm³/mol. The number of unbranched alkanes of at least 4 members (excludes halogenated alkanes) is 4. The Hall–Kier alpha value is -2.96. The van der Waals surface area contributed by atoms with E-state index in [-0.39, 0.29) is 0 Å². The van der Waals surface area contributed by atoms with Crippen molar-refractivity contribution in [3.8, 4) is 5.69 Å². The van der Waals surface area contributed by atoms with Crippen molar-refractivity contribution in [1.29, 1.82) is 0 Å². The van der Waals surface area contributed by atoms with Crippen LogP contribution in [0.2, 0.25) is 0 Å². The molecule has 0 N–H and O–H groups in total. The van der Waals surface area contributed by atoms with Crippen molar-refractivity contribution in [3.05, 3.63) is 41.9 Å². The van der Waals surface area contributed by atoms with Crippen LogP contribution in [0.4, 0.5) is 5.82 Å². The summed E-state index contributed by atoms with van der Waals surface area (Å²) in [6.45, 7) is 9.66. The number of anilines is 1. The predicted octanol–water partition coefficient (Wildman–Crippen LogP) is 5.48. The Morgan fingerprint density at radius 1 is 0.914 bits per heavy atom. The molecule has 3 heterocycles. The highest BCUT2D eigenvalue weighted by molar-refractivity contribution is 5.91. The van der Waals surface area contributed by atoms with Gasteiger partial charge in [0.25, 0.3) is 0 Å². The van der Waals surface area contributed by atoms with Crippen LogP contribution in [0.15, 0.2) is 30.3 Å². The molecule has 1 fully saturated rings. The van der Waals surface area contributed by atoms with Crippen molar-refractivity contribution in [2.75, 3.05) is 31.1 Å². The van der Waals surface area contributed by atoms with Gasteiger partial charge in [-0.15, -0.1) is 0 Å². The molecule has 4 rings (SSSR count). The van der Waals surface area contributed by atoms with Crippen LogP contribution in [-0.2, 0) is 11.2 Å². The van der Waals surface area contributed by atoms with Crippen LogP contribution in [0.3, 0.4) is 0 Å². The number of carbonyl (C=O) groups excluding carboxylic acids is 1. The van der Waals surface area contributed by atoms with Gasteiger partial charge in [-0.1, -0.05) is 57.7 Å². The van der Waals surface area contributed by atoms with Gasteiger partial charge in [-0.05, 0) is 38.3 Å². The van der Waals surface area contributed by atoms with Gasteiger partial charge in [0, 0.05) is 39.0 Å². The van der Waals surface area contributed by atoms with E-state index in [1.165, 1.54) is 19.3 Å². The lowest BCUT2D eigenvalue weighted by Crippen LogP contribution is -2.35. The first kappa shape index (κ1) is 25.1. The fourth-order valence-corrected chi connectivity index (χ4v) is 4.94. The van der Waals surface area contributed by atoms with E-state index in [4.69, 9.17) is 15.1 Å². The van der Waals surface area contributed by atoms with Gasteiger partial charge in [-0.3, -0.25) is 4.79 Å². The van der Waals surface area contributed by atoms with Crippen LogP contribution in [-0.4, -0.2) is 56.7 Å². The molecule has 7 heteroatoms. The summed E-state index contributed by atoms with van der Waals surface area (Å²) in [7, 11) is 0. The zero-order chi connectivity index (χ0) is 24.6. The minimum absolute atomic E-state index is 0.302. The number of para-hydroxylation sites is 1. The van der Waals surface area contributed by atoms with Crippen molar-refractivity contribution in [1.82, 2.24) is 24.6 Å². The molecule has 35 heavy (non-hydrogen) atoms. The summed E-state index contributed by atoms with van der Waals surface area (Å²) in [5.41, 5.74) is 2.81. The Morgan fingerprint density at radius 3 is 2.49 bits per heavy atom. The van der Waals surface area contributed by atoms with Gasteiger partial charge in [0.05, 0.1) is 16.8 Å². The van der Waals surface area contributed by atoms with Crippen LogP contribution in [0.1, 0.15) is 76.7 Å². The molecule has 0 unspecified atom stereocenters. The summed E-state index contributed by atoms with van der Waals surface area (Å²) in [6, 6.07) is 10.2. The Morgan fingerprint density at radius 2 is 1.71 bits per heavy atom. The quantitative estimate of drug-likeness (QED) is 0.363. The number of rotatable bonds is 10. The standard InChI is InChI=1S/C28H40N6O/c1-4-6-7-8-12-17-25(35)32-18-13-19-33(21-20-32)27-26-22(3)31-34(23-15-10-9-11-16-23)28(26)30-24(29-27)14-5-2/h9-11,15-16H,4-8,12-14,17-21H2,1-3H3. The van der Waals surface area contributed by atoms with Crippen LogP contribution in [0.25, 0.3) is 16.7 Å². The molecule has 1 aliphatic heterocycles. The number of amides is 1. The molecule has 0 bridgehead atoms. The first-order valence-electron chi connectivity index (χ1n) is 13.5. The maximum absolute atomic E-state index is 12.9. The fraction of sp³-hybridized carbons (Fsp3) is 0.571. The van der Waals surface area contributed by atoms with Gasteiger partial charge in [0.2, 0.25) is 5.91 Å². The lowest BCUT2D eigenvalue weighted by Gasteiger charge is -2.24. The zero-order valence-corrected chi connectivity index (χ0v) is 21.7. The Labute approximate surface area is 209 Å². The Bertz CT molecular complexity index is 1110. The Kier molecular flexibility index (Phi) is 8.72. The number of aryl methyl sites for hydroxylation is 2. The Balaban J connectivity index is 1.56. The molecule has 3 aromatic rings. The minimum atomic E-state index is 0.302. The van der Waals surface area contributed by atoms with E-state index in [0.29, 0.717) is 12.3 Å². The zero-order valence-electron chi connectivity index (χ0n) is 21.7. The molecular formula is C28H40N6O. The topological polar surface area (TPSA) is 67.2 Å². The molecule has 188 valence electrons. The molecule has 2 aromatic heterocycles. The van der Waals surface area contributed by atoms with Crippen LogP contribution >= 0.6 is 0 Å². The number of hydrogen-bond acceptors (Lipinski definition) is 5. The van der Waals surface area contributed by atoms with E-state index in [1.54, 1.807) is 0 Å². The number of fused-ring (bicyclic) bond motifs is 1. The lowest BCUT2D eigenvalue weighted by atomic mass is 10.1. The van der Waals surface area contributed by atoms with E-state index in [1.807, 2.05) is 29.8 Å². The maximum Gasteiger partial charge on any atom is 0.222 e. The minimum Gasteiger partial charge on any atom is -0.354 e. The highest BCUT2D eigenvalue weighted by Crippen LogP contribution is 2.30. The first-order valence-corrected chi connectivity index (χ1v) is 13.5. The summed E-state index contributed by atoms with van der Waals surface area (Å²) in [5, 5.41) is 5.88. The fourth-order valence-electron chi connectivity index (χ4n) is 4.94. The monoisotopic (exact) mass is 476 g/mol. The number of benzene rings is 1. The van der Waals surface area contributed by atoms with Gasteiger partial charge in [0.15, 0.2) is 5.65 Å². The van der Waals surface area contributed by atoms with Gasteiger partial charge in [0.1, 0.15) is 11.6 Å². The molecule has 1 saturated heterocycles. The van der Waals surface area contributed by atoms with E-state index in [2.05, 4.69) is 35.8 Å². The summed E-state index contributed by atoms with van der Waals surface area (Å²) >= 11 is 0. The van der Waals surface area contributed by atoms with E-state index in [0.717, 1.165) is 92.3 Å². The average Bonchev–Trinajstić information content (AvgIpc) is 3.04. The van der Waals surface area contributed by atoms with Crippen LogP contribution in [0.5, 0.6) is 0 Å². The molecular weight excluding hydrogens is 436 g/mol. The number of carbonyl (C=O) groups is 1. The largest absolute Gasteiger partial charge is 0.354 e. The maximum atomic E-state index is 12.9. The van der Waals surface area contributed by atoms with Crippen LogP contribution in [0, 0.1) is 6.92 Å². The molecule has 1 aliphatic rings. The molecule has 7 nitrogen and oxygen atoms in total. The van der Waals surface area contributed by atoms with Crippen molar-refractivity contribution >= 4 is 22.8 Å². The third-order valence-electron chi connectivity index (χ3n) is 6.85. The second kappa shape index (κ2) is 12.1. The van der Waals surface area contributed by atoms with Crippen molar-refractivity contribution in [2.24, 2.45) is 0 Å². The van der Waals surface area contributed by atoms with Crippen molar-refractivity contribution in [3.63, 3.8) is 0 Å². The molecule has 1 aromatic carbocycles. The summed E-state index contributed by atoms with van der Waals surface area (Å²) < 4.78 is 1.95. The molecule has 0 aliphatic carbocycles. The second-order valence-electron chi connectivity index (χ2n) is 9.63. The highest BCUT2D eigenvalue weighted by atomic mass is 16.2. The smallest absolute Gasteiger partial charge is 0.222 e. The molecule has 0 radical (unpaired) electrons. The third kappa shape index (κ3) is 6.00. The SMILES string of the molecule is CCCCCCCC(=O)N1CCCN(c2nc(CCC)nc3c2c(C)nn3-c2ccccc2)CC1. The van der Waals surface area contributed by atoms with Crippen LogP contribution < -0.4 is 4.90 Å². The molecule has 0 atom stereocenters. The van der Waals surface area contributed by atoms with Crippen molar-refractivity contribution < 1.29 is 4.79 Å². The molecule has 0 saturated carbocycles. The first-order chi connectivity index (χ1) is 17.1. The normalized spacial score (nSPS) is 14.5. The summed E-state index contributed by atoms with van der Waals surface area (Å²) in [4.78, 5) is 27.2. The summed E-state index contributed by atoms with van der Waals surface area (Å²) in [5.74, 6) is 2.12. The number of nitrogens with zero attached hydrogens (tertiary/aromatic N) is 6. The number of hydrogen-bond donors (Lipinski definition) is 0. The van der Waals surface area contributed by atoms with Gasteiger partial charge in [-0.2, -0.15) is 5.10 Å². The number of aromatic nitrogens is 4. The highest BCUT2D eigenvalue weighted by Gasteiger charge is 2.24. The second-order valence-corrected chi connectivity index (χ2v) is 9.63. The molecule has 0 spiro atoms. The van der Waals surface area contributed by atoms with Gasteiger partial charge < -0.3 is 9.80 Å². The lowest BCUT2D eigenvalue weighted by molar-refractivity contribution is -0.131. The van der Waals surface area contributed by atoms with Gasteiger partial charge in [-0.25, -0.2) is 14.6 Å². The summed E-state index contributed by atoms with van der Waals surface area (Å²) in [6.07, 6.45) is 9.33. The third-order valence-corrected chi connectivity index (χ3v) is 6.85. The van der Waals surface area contributed by atoms with E-state index < -0.39 is 0 Å².